The molecule has 0 rings (SSSR count). The molecule has 1 atom stereocenters. The van der Waals surface area contributed by atoms with Gasteiger partial charge in [-0.3, -0.25) is 14.4 Å². The standard InChI is InChI=1S/C53H90O6/c1-4-7-10-13-16-19-22-24-25-26-27-29-31-34-37-40-43-46-52(55)58-49-50(48-57-51(54)45-42-39-36-33-30-21-18-15-12-9-6-3)59-53(56)47-44-41-38-35-32-28-23-20-17-14-11-8-5-2/h8,11,14,16-17,19-20,23-25,28,32,50H,4-7,9-10,12-13,15,18,21-22,26-27,29-31,33-49H2,1-3H3/b11-8-,17-14-,19-16-,23-20-,25-24-,32-28-. The molecule has 0 radical (unpaired) electrons. The van der Waals surface area contributed by atoms with Crippen molar-refractivity contribution in [1.82, 2.24) is 0 Å². The normalized spacial score (nSPS) is 12.7. The summed E-state index contributed by atoms with van der Waals surface area (Å²) in [4.78, 5) is 37.8. The third-order valence-electron chi connectivity index (χ3n) is 10.3. The molecule has 0 saturated carbocycles. The van der Waals surface area contributed by atoms with Gasteiger partial charge >= 0.3 is 17.9 Å². The molecule has 0 bridgehead atoms. The molecule has 0 aromatic heterocycles. The second-order valence-corrected chi connectivity index (χ2v) is 16.1. The van der Waals surface area contributed by atoms with Crippen molar-refractivity contribution in [2.75, 3.05) is 13.2 Å². The van der Waals surface area contributed by atoms with E-state index in [4.69, 9.17) is 14.2 Å². The number of carbonyl (C=O) groups excluding carboxylic acids is 3. The summed E-state index contributed by atoms with van der Waals surface area (Å²) in [5.41, 5.74) is 0. The summed E-state index contributed by atoms with van der Waals surface area (Å²) in [6, 6.07) is 0. The SMILES string of the molecule is CC\C=C/C=C\C=C/C=C\CCCCCC(=O)OC(COC(=O)CCCCCCCCC/C=C\C/C=C\CCCCC)COC(=O)CCCCCCCCCCCCC. The van der Waals surface area contributed by atoms with Crippen molar-refractivity contribution in [3.8, 4) is 0 Å². The molecule has 0 fully saturated rings. The van der Waals surface area contributed by atoms with Crippen LogP contribution in [-0.4, -0.2) is 37.2 Å². The van der Waals surface area contributed by atoms with Crippen LogP contribution in [0.4, 0.5) is 0 Å². The summed E-state index contributed by atoms with van der Waals surface area (Å²) >= 11 is 0. The number of allylic oxidation sites excluding steroid dienone is 12. The molecule has 0 heterocycles. The van der Waals surface area contributed by atoms with E-state index in [1.807, 2.05) is 36.5 Å². The van der Waals surface area contributed by atoms with Crippen LogP contribution < -0.4 is 0 Å². The molecular weight excluding hydrogens is 733 g/mol. The molecule has 0 aliphatic rings. The fraction of sp³-hybridized carbons (Fsp3) is 0.717. The Morgan fingerprint density at radius 1 is 0.373 bits per heavy atom. The van der Waals surface area contributed by atoms with Crippen LogP contribution in [0.3, 0.4) is 0 Å². The quantitative estimate of drug-likeness (QED) is 0.0200. The highest BCUT2D eigenvalue weighted by molar-refractivity contribution is 5.71. The van der Waals surface area contributed by atoms with E-state index >= 15 is 0 Å². The van der Waals surface area contributed by atoms with E-state index in [1.165, 1.54) is 103 Å². The molecule has 0 aromatic carbocycles. The summed E-state index contributed by atoms with van der Waals surface area (Å²) < 4.78 is 16.7. The maximum atomic E-state index is 12.7. The van der Waals surface area contributed by atoms with E-state index in [2.05, 4.69) is 57.2 Å². The Labute approximate surface area is 363 Å². The van der Waals surface area contributed by atoms with Crippen molar-refractivity contribution in [3.05, 3.63) is 72.9 Å². The summed E-state index contributed by atoms with van der Waals surface area (Å²) in [6.45, 7) is 6.42. The van der Waals surface area contributed by atoms with Gasteiger partial charge in [0.25, 0.3) is 0 Å². The van der Waals surface area contributed by atoms with Gasteiger partial charge in [0.15, 0.2) is 6.10 Å². The Morgan fingerprint density at radius 2 is 0.729 bits per heavy atom. The first-order valence-electron chi connectivity index (χ1n) is 24.5. The highest BCUT2D eigenvalue weighted by Gasteiger charge is 2.19. The molecule has 6 heteroatoms. The van der Waals surface area contributed by atoms with E-state index in [9.17, 15) is 14.4 Å². The predicted molar refractivity (Wildman–Crippen MR) is 251 cm³/mol. The number of rotatable bonds is 43. The largest absolute Gasteiger partial charge is 0.462 e. The van der Waals surface area contributed by atoms with Crippen LogP contribution in [0.1, 0.15) is 226 Å². The van der Waals surface area contributed by atoms with Crippen molar-refractivity contribution in [3.63, 3.8) is 0 Å². The minimum atomic E-state index is -0.796. The molecule has 1 unspecified atom stereocenters. The Kier molecular flexibility index (Phi) is 45.0. The van der Waals surface area contributed by atoms with Crippen molar-refractivity contribution in [1.29, 1.82) is 0 Å². The highest BCUT2D eigenvalue weighted by atomic mass is 16.6. The lowest BCUT2D eigenvalue weighted by atomic mass is 10.1. The fourth-order valence-electron chi connectivity index (χ4n) is 6.60. The van der Waals surface area contributed by atoms with Crippen LogP contribution in [0, 0.1) is 0 Å². The van der Waals surface area contributed by atoms with Crippen molar-refractivity contribution >= 4 is 17.9 Å². The monoisotopic (exact) mass is 823 g/mol. The molecule has 0 aromatic rings. The van der Waals surface area contributed by atoms with E-state index in [1.54, 1.807) is 0 Å². The third kappa shape index (κ3) is 45.8. The van der Waals surface area contributed by atoms with Crippen molar-refractivity contribution in [2.24, 2.45) is 0 Å². The second-order valence-electron chi connectivity index (χ2n) is 16.1. The van der Waals surface area contributed by atoms with E-state index < -0.39 is 6.10 Å². The topological polar surface area (TPSA) is 78.9 Å². The summed E-state index contributed by atoms with van der Waals surface area (Å²) in [5, 5.41) is 0. The molecule has 6 nitrogen and oxygen atoms in total. The maximum absolute atomic E-state index is 12.7. The second kappa shape index (κ2) is 47.5. The first-order chi connectivity index (χ1) is 29.0. The van der Waals surface area contributed by atoms with E-state index in [0.29, 0.717) is 19.3 Å². The molecule has 0 aliphatic heterocycles. The lowest BCUT2D eigenvalue weighted by Crippen LogP contribution is -2.30. The minimum absolute atomic E-state index is 0.0930. The molecule has 0 aliphatic carbocycles. The fourth-order valence-corrected chi connectivity index (χ4v) is 6.60. The van der Waals surface area contributed by atoms with E-state index in [-0.39, 0.29) is 37.5 Å². The molecule has 338 valence electrons. The van der Waals surface area contributed by atoms with Gasteiger partial charge in [-0.15, -0.1) is 0 Å². The number of esters is 3. The van der Waals surface area contributed by atoms with Crippen LogP contribution in [0.5, 0.6) is 0 Å². The lowest BCUT2D eigenvalue weighted by Gasteiger charge is -2.18. The van der Waals surface area contributed by atoms with Gasteiger partial charge in [0, 0.05) is 19.3 Å². The zero-order valence-electron chi connectivity index (χ0n) is 38.5. The van der Waals surface area contributed by atoms with Gasteiger partial charge in [-0.25, -0.2) is 0 Å². The Balaban J connectivity index is 4.42. The third-order valence-corrected chi connectivity index (χ3v) is 10.3. The number of hydrogen-bond donors (Lipinski definition) is 0. The lowest BCUT2D eigenvalue weighted by molar-refractivity contribution is -0.167. The molecular formula is C53H90O6. The summed E-state index contributed by atoms with van der Waals surface area (Å²) in [5.74, 6) is -0.942. The van der Waals surface area contributed by atoms with Gasteiger partial charge in [0.05, 0.1) is 0 Å². The Hall–Kier alpha value is -3.15. The molecule has 59 heavy (non-hydrogen) atoms. The smallest absolute Gasteiger partial charge is 0.306 e. The maximum Gasteiger partial charge on any atom is 0.306 e. The van der Waals surface area contributed by atoms with Crippen molar-refractivity contribution in [2.45, 2.75) is 232 Å². The van der Waals surface area contributed by atoms with Gasteiger partial charge in [-0.2, -0.15) is 0 Å². The van der Waals surface area contributed by atoms with Gasteiger partial charge < -0.3 is 14.2 Å². The number of ether oxygens (including phenoxy) is 3. The average Bonchev–Trinajstić information content (AvgIpc) is 3.23. The van der Waals surface area contributed by atoms with Crippen LogP contribution in [0.25, 0.3) is 0 Å². The van der Waals surface area contributed by atoms with Gasteiger partial charge in [-0.1, -0.05) is 209 Å². The molecule has 0 amide bonds. The zero-order chi connectivity index (χ0) is 43.0. The number of hydrogen-bond acceptors (Lipinski definition) is 6. The Bertz CT molecular complexity index is 1130. The molecule has 0 spiro atoms. The van der Waals surface area contributed by atoms with Crippen molar-refractivity contribution < 1.29 is 28.6 Å². The van der Waals surface area contributed by atoms with Crippen LogP contribution >= 0.6 is 0 Å². The average molecular weight is 823 g/mol. The first-order valence-corrected chi connectivity index (χ1v) is 24.5. The highest BCUT2D eigenvalue weighted by Crippen LogP contribution is 2.14. The summed E-state index contributed by atoms with van der Waals surface area (Å²) in [6.07, 6.45) is 58.8. The number of unbranched alkanes of at least 4 members (excludes halogenated alkanes) is 23. The zero-order valence-corrected chi connectivity index (χ0v) is 38.5. The van der Waals surface area contributed by atoms with Crippen LogP contribution in [0.2, 0.25) is 0 Å². The number of carbonyl (C=O) groups is 3. The molecule has 0 saturated heterocycles. The van der Waals surface area contributed by atoms with Gasteiger partial charge in [0.1, 0.15) is 13.2 Å². The van der Waals surface area contributed by atoms with Crippen LogP contribution in [-0.2, 0) is 28.6 Å². The summed E-state index contributed by atoms with van der Waals surface area (Å²) in [7, 11) is 0. The van der Waals surface area contributed by atoms with Gasteiger partial charge in [0.2, 0.25) is 0 Å². The van der Waals surface area contributed by atoms with Gasteiger partial charge in [-0.05, 0) is 70.6 Å². The minimum Gasteiger partial charge on any atom is -0.462 e. The Morgan fingerprint density at radius 3 is 1.22 bits per heavy atom. The van der Waals surface area contributed by atoms with Crippen LogP contribution in [0.15, 0.2) is 72.9 Å². The predicted octanol–water partition coefficient (Wildman–Crippen LogP) is 15.9. The van der Waals surface area contributed by atoms with E-state index in [0.717, 1.165) is 77.0 Å². The first kappa shape index (κ1) is 55.9. The molecule has 0 N–H and O–H groups in total.